The molecule has 32 heavy (non-hydrogen) atoms. The van der Waals surface area contributed by atoms with Gasteiger partial charge in [0, 0.05) is 34.7 Å². The van der Waals surface area contributed by atoms with E-state index in [0.717, 1.165) is 27.5 Å². The fourth-order valence-corrected chi connectivity index (χ4v) is 6.05. The third-order valence-corrected chi connectivity index (χ3v) is 7.87. The summed E-state index contributed by atoms with van der Waals surface area (Å²) in [7, 11) is 0. The fraction of sp³-hybridized carbons (Fsp3) is 0.250. The molecular weight excluding hydrogens is 440 g/mol. The Morgan fingerprint density at radius 2 is 1.91 bits per heavy atom. The summed E-state index contributed by atoms with van der Waals surface area (Å²) in [6.45, 7) is 5.71. The minimum Gasteiger partial charge on any atom is -0.326 e. The number of amides is 1. The summed E-state index contributed by atoms with van der Waals surface area (Å²) >= 11 is 3.19. The summed E-state index contributed by atoms with van der Waals surface area (Å²) in [4.78, 5) is 34.6. The third kappa shape index (κ3) is 3.84. The SMILES string of the molecule is Cc1ccc2nc(-c3ccc(NC(=O)CC4CSc5nc(C)c(C)c(=O)n54)cc3)sc2c1. The molecule has 0 radical (unpaired) electrons. The smallest absolute Gasteiger partial charge is 0.257 e. The van der Waals surface area contributed by atoms with Crippen LogP contribution in [0.3, 0.4) is 0 Å². The number of aromatic nitrogens is 3. The van der Waals surface area contributed by atoms with Crippen molar-refractivity contribution < 1.29 is 4.79 Å². The lowest BCUT2D eigenvalue weighted by molar-refractivity contribution is -0.116. The van der Waals surface area contributed by atoms with E-state index in [4.69, 9.17) is 4.98 Å². The topological polar surface area (TPSA) is 76.9 Å². The molecule has 0 spiro atoms. The highest BCUT2D eigenvalue weighted by Gasteiger charge is 2.28. The molecule has 0 saturated heterocycles. The molecule has 1 N–H and O–H groups in total. The quantitative estimate of drug-likeness (QED) is 0.426. The number of nitrogens with zero attached hydrogens (tertiary/aromatic N) is 3. The first kappa shape index (κ1) is 20.9. The number of hydrogen-bond acceptors (Lipinski definition) is 6. The number of carbonyl (C=O) groups is 1. The van der Waals surface area contributed by atoms with Crippen LogP contribution in [0.1, 0.15) is 29.3 Å². The van der Waals surface area contributed by atoms with Crippen molar-refractivity contribution in [3.8, 4) is 10.6 Å². The Morgan fingerprint density at radius 3 is 2.69 bits per heavy atom. The molecular formula is C24H22N4O2S2. The van der Waals surface area contributed by atoms with Gasteiger partial charge >= 0.3 is 0 Å². The van der Waals surface area contributed by atoms with Crippen LogP contribution in [0, 0.1) is 20.8 Å². The second-order valence-electron chi connectivity index (χ2n) is 8.06. The van der Waals surface area contributed by atoms with Gasteiger partial charge in [0.25, 0.3) is 5.56 Å². The Bertz CT molecular complexity index is 1410. The van der Waals surface area contributed by atoms with E-state index in [0.29, 0.717) is 16.5 Å². The first-order valence-corrected chi connectivity index (χ1v) is 12.2. The highest BCUT2D eigenvalue weighted by Crippen LogP contribution is 2.33. The zero-order chi connectivity index (χ0) is 22.4. The van der Waals surface area contributed by atoms with Gasteiger partial charge in [-0.2, -0.15) is 0 Å². The lowest BCUT2D eigenvalue weighted by Gasteiger charge is -2.14. The number of fused-ring (bicyclic) bond motifs is 2. The molecule has 0 saturated carbocycles. The van der Waals surface area contributed by atoms with Crippen LogP contribution in [0.15, 0.2) is 52.4 Å². The zero-order valence-electron chi connectivity index (χ0n) is 18.0. The highest BCUT2D eigenvalue weighted by atomic mass is 32.2. The molecule has 0 fully saturated rings. The van der Waals surface area contributed by atoms with Gasteiger partial charge in [0.1, 0.15) is 5.01 Å². The number of thiazole rings is 1. The van der Waals surface area contributed by atoms with Gasteiger partial charge in [-0.05, 0) is 62.7 Å². The molecule has 6 nitrogen and oxygen atoms in total. The number of nitrogens with one attached hydrogen (secondary N) is 1. The zero-order valence-corrected chi connectivity index (χ0v) is 19.6. The van der Waals surface area contributed by atoms with E-state index in [9.17, 15) is 9.59 Å². The van der Waals surface area contributed by atoms with E-state index < -0.39 is 0 Å². The highest BCUT2D eigenvalue weighted by molar-refractivity contribution is 7.99. The van der Waals surface area contributed by atoms with Gasteiger partial charge < -0.3 is 5.32 Å². The number of thioether (sulfide) groups is 1. The first-order valence-electron chi connectivity index (χ1n) is 10.4. The maximum atomic E-state index is 12.7. The molecule has 0 bridgehead atoms. The van der Waals surface area contributed by atoms with Gasteiger partial charge in [0.05, 0.1) is 16.3 Å². The lowest BCUT2D eigenvalue weighted by Crippen LogP contribution is -2.29. The predicted octanol–water partition coefficient (Wildman–Crippen LogP) is 5.12. The molecule has 3 heterocycles. The number of hydrogen-bond donors (Lipinski definition) is 1. The normalized spacial score (nSPS) is 15.2. The molecule has 1 unspecified atom stereocenters. The molecule has 5 rings (SSSR count). The Hall–Kier alpha value is -2.97. The van der Waals surface area contributed by atoms with Gasteiger partial charge in [0.2, 0.25) is 5.91 Å². The van der Waals surface area contributed by atoms with Crippen molar-refractivity contribution in [2.24, 2.45) is 0 Å². The molecule has 162 valence electrons. The van der Waals surface area contributed by atoms with Crippen LogP contribution in [0.25, 0.3) is 20.8 Å². The molecule has 0 aliphatic carbocycles. The lowest BCUT2D eigenvalue weighted by atomic mass is 10.2. The van der Waals surface area contributed by atoms with Gasteiger partial charge in [-0.1, -0.05) is 17.8 Å². The predicted molar refractivity (Wildman–Crippen MR) is 131 cm³/mol. The Morgan fingerprint density at radius 1 is 1.12 bits per heavy atom. The van der Waals surface area contributed by atoms with Crippen molar-refractivity contribution in [1.82, 2.24) is 14.5 Å². The maximum absolute atomic E-state index is 12.7. The Kier molecular flexibility index (Phi) is 5.35. The van der Waals surface area contributed by atoms with Crippen molar-refractivity contribution in [3.63, 3.8) is 0 Å². The van der Waals surface area contributed by atoms with E-state index in [1.807, 2.05) is 37.3 Å². The number of aryl methyl sites for hydroxylation is 2. The first-order chi connectivity index (χ1) is 15.4. The molecule has 1 amide bonds. The van der Waals surface area contributed by atoms with Crippen molar-refractivity contribution >= 4 is 44.9 Å². The summed E-state index contributed by atoms with van der Waals surface area (Å²) in [5, 5.41) is 4.62. The fourth-order valence-electron chi connectivity index (χ4n) is 3.80. The number of benzene rings is 2. The second-order valence-corrected chi connectivity index (χ2v) is 10.1. The maximum Gasteiger partial charge on any atom is 0.257 e. The van der Waals surface area contributed by atoms with Crippen LogP contribution in [0.5, 0.6) is 0 Å². The van der Waals surface area contributed by atoms with E-state index >= 15 is 0 Å². The van der Waals surface area contributed by atoms with Crippen LogP contribution < -0.4 is 10.9 Å². The average molecular weight is 463 g/mol. The van der Waals surface area contributed by atoms with Crippen LogP contribution in [-0.2, 0) is 4.79 Å². The van der Waals surface area contributed by atoms with E-state index in [1.54, 1.807) is 22.8 Å². The monoisotopic (exact) mass is 462 g/mol. The van der Waals surface area contributed by atoms with Crippen molar-refractivity contribution in [3.05, 3.63) is 69.6 Å². The minimum absolute atomic E-state index is 0.0503. The van der Waals surface area contributed by atoms with Gasteiger partial charge in [-0.3, -0.25) is 14.2 Å². The van der Waals surface area contributed by atoms with E-state index in [-0.39, 0.29) is 23.9 Å². The van der Waals surface area contributed by atoms with E-state index in [1.165, 1.54) is 22.0 Å². The Balaban J connectivity index is 1.29. The largest absolute Gasteiger partial charge is 0.326 e. The van der Waals surface area contributed by atoms with Crippen LogP contribution in [-0.4, -0.2) is 26.2 Å². The molecule has 1 aliphatic rings. The molecule has 2 aromatic carbocycles. The average Bonchev–Trinajstić information content (AvgIpc) is 3.36. The molecule has 8 heteroatoms. The van der Waals surface area contributed by atoms with Crippen molar-refractivity contribution in [2.45, 2.75) is 38.4 Å². The van der Waals surface area contributed by atoms with E-state index in [2.05, 4.69) is 29.4 Å². The number of rotatable bonds is 4. The summed E-state index contributed by atoms with van der Waals surface area (Å²) in [6.07, 6.45) is 0.239. The second kappa shape index (κ2) is 8.18. The minimum atomic E-state index is -0.181. The Labute approximate surface area is 193 Å². The van der Waals surface area contributed by atoms with Crippen LogP contribution in [0.2, 0.25) is 0 Å². The molecule has 1 aliphatic heterocycles. The summed E-state index contributed by atoms with van der Waals surface area (Å²) in [6, 6.07) is 13.8. The number of anilines is 1. The van der Waals surface area contributed by atoms with Gasteiger partial charge in [0.15, 0.2) is 5.16 Å². The van der Waals surface area contributed by atoms with Crippen molar-refractivity contribution in [1.29, 1.82) is 0 Å². The molecule has 4 aromatic rings. The summed E-state index contributed by atoms with van der Waals surface area (Å²) in [5.74, 6) is 0.561. The molecule has 1 atom stereocenters. The summed E-state index contributed by atoms with van der Waals surface area (Å²) < 4.78 is 2.84. The third-order valence-electron chi connectivity index (χ3n) is 5.70. The van der Waals surface area contributed by atoms with Crippen LogP contribution >= 0.6 is 23.1 Å². The van der Waals surface area contributed by atoms with Crippen molar-refractivity contribution in [2.75, 3.05) is 11.1 Å². The number of carbonyl (C=O) groups excluding carboxylic acids is 1. The molecule has 2 aromatic heterocycles. The summed E-state index contributed by atoms with van der Waals surface area (Å²) in [5.41, 5.74) is 5.31. The van der Waals surface area contributed by atoms with Gasteiger partial charge in [-0.25, -0.2) is 9.97 Å². The van der Waals surface area contributed by atoms with Crippen LogP contribution in [0.4, 0.5) is 5.69 Å². The standard InChI is InChI=1S/C24H22N4O2S2/c1-13-4-9-19-20(10-13)32-22(27-19)16-5-7-17(8-6-16)26-21(29)11-18-12-31-24-25-15(3)14(2)23(30)28(18)24/h4-10,18H,11-12H2,1-3H3,(H,26,29). The van der Waals surface area contributed by atoms with Gasteiger partial charge in [-0.15, -0.1) is 11.3 Å².